The van der Waals surface area contributed by atoms with Crippen molar-refractivity contribution in [1.29, 1.82) is 5.26 Å². The van der Waals surface area contributed by atoms with Crippen molar-refractivity contribution in [3.63, 3.8) is 0 Å². The molecule has 0 spiro atoms. The van der Waals surface area contributed by atoms with E-state index in [9.17, 15) is 9.59 Å². The Kier molecular flexibility index (Phi) is 7.80. The standard InChI is InChI=1S/C22H22N2O5/c1-15-5-8-18(9-6-15)28-11-3-4-21(25)29-19-10-7-16(13-20(19)27-2)12-17(14-23)22(24)26/h5-10,12-13H,3-4,11H2,1-2H3,(H2,24,26)/b17-12+. The van der Waals surface area contributed by atoms with Gasteiger partial charge in [0.25, 0.3) is 5.91 Å². The van der Waals surface area contributed by atoms with Gasteiger partial charge in [-0.25, -0.2) is 0 Å². The fraction of sp³-hybridized carbons (Fsp3) is 0.227. The van der Waals surface area contributed by atoms with E-state index in [2.05, 4.69) is 0 Å². The predicted octanol–water partition coefficient (Wildman–Crippen LogP) is 3.16. The van der Waals surface area contributed by atoms with Gasteiger partial charge in [0.05, 0.1) is 13.7 Å². The Morgan fingerprint density at radius 1 is 1.14 bits per heavy atom. The monoisotopic (exact) mass is 394 g/mol. The van der Waals surface area contributed by atoms with Crippen molar-refractivity contribution < 1.29 is 23.8 Å². The molecule has 7 heteroatoms. The molecule has 2 aromatic rings. The van der Waals surface area contributed by atoms with Crippen LogP contribution in [-0.2, 0) is 9.59 Å². The second-order valence-corrected chi connectivity index (χ2v) is 6.18. The first-order valence-electron chi connectivity index (χ1n) is 8.92. The molecule has 0 aliphatic heterocycles. The maximum Gasteiger partial charge on any atom is 0.311 e. The Balaban J connectivity index is 1.91. The van der Waals surface area contributed by atoms with Gasteiger partial charge in [-0.05, 0) is 49.2 Å². The average molecular weight is 394 g/mol. The van der Waals surface area contributed by atoms with E-state index in [1.807, 2.05) is 31.2 Å². The molecule has 0 saturated heterocycles. The van der Waals surface area contributed by atoms with Crippen LogP contribution in [0.1, 0.15) is 24.0 Å². The highest BCUT2D eigenvalue weighted by Gasteiger charge is 2.12. The number of nitriles is 1. The van der Waals surface area contributed by atoms with Gasteiger partial charge in [0, 0.05) is 6.42 Å². The minimum atomic E-state index is -0.824. The van der Waals surface area contributed by atoms with Gasteiger partial charge < -0.3 is 19.9 Å². The molecule has 150 valence electrons. The van der Waals surface area contributed by atoms with E-state index in [-0.39, 0.29) is 17.7 Å². The summed E-state index contributed by atoms with van der Waals surface area (Å²) in [5, 5.41) is 8.92. The number of aryl methyl sites for hydroxylation is 1. The normalized spacial score (nSPS) is 10.7. The van der Waals surface area contributed by atoms with Crippen molar-refractivity contribution in [1.82, 2.24) is 0 Å². The minimum absolute atomic E-state index is 0.178. The van der Waals surface area contributed by atoms with Crippen molar-refractivity contribution in [2.45, 2.75) is 19.8 Å². The smallest absolute Gasteiger partial charge is 0.311 e. The summed E-state index contributed by atoms with van der Waals surface area (Å²) in [5.41, 5.74) is 6.60. The van der Waals surface area contributed by atoms with Gasteiger partial charge in [-0.2, -0.15) is 5.26 Å². The molecule has 0 saturated carbocycles. The van der Waals surface area contributed by atoms with Gasteiger partial charge in [-0.3, -0.25) is 9.59 Å². The third-order valence-corrected chi connectivity index (χ3v) is 3.92. The quantitative estimate of drug-likeness (QED) is 0.230. The summed E-state index contributed by atoms with van der Waals surface area (Å²) >= 11 is 0. The number of nitrogens with zero attached hydrogens (tertiary/aromatic N) is 1. The lowest BCUT2D eigenvalue weighted by Crippen LogP contribution is -2.12. The molecular formula is C22H22N2O5. The SMILES string of the molecule is COc1cc(/C=C(\C#N)C(N)=O)ccc1OC(=O)CCCOc1ccc(C)cc1. The topological polar surface area (TPSA) is 112 Å². The van der Waals surface area contributed by atoms with Gasteiger partial charge in [-0.1, -0.05) is 23.8 Å². The lowest BCUT2D eigenvalue weighted by atomic mass is 10.1. The number of hydrogen-bond donors (Lipinski definition) is 1. The zero-order chi connectivity index (χ0) is 21.2. The fourth-order valence-electron chi connectivity index (χ4n) is 2.40. The van der Waals surface area contributed by atoms with Crippen LogP contribution in [-0.4, -0.2) is 25.6 Å². The van der Waals surface area contributed by atoms with E-state index in [4.69, 9.17) is 25.2 Å². The van der Waals surface area contributed by atoms with Crippen molar-refractivity contribution in [2.24, 2.45) is 5.73 Å². The van der Waals surface area contributed by atoms with Crippen molar-refractivity contribution in [3.05, 3.63) is 59.2 Å². The maximum atomic E-state index is 12.1. The molecule has 0 aliphatic rings. The lowest BCUT2D eigenvalue weighted by Gasteiger charge is -2.10. The zero-order valence-corrected chi connectivity index (χ0v) is 16.3. The Morgan fingerprint density at radius 3 is 2.48 bits per heavy atom. The molecule has 0 unspecified atom stereocenters. The highest BCUT2D eigenvalue weighted by Crippen LogP contribution is 2.29. The molecule has 0 aromatic heterocycles. The number of nitrogens with two attached hydrogens (primary N) is 1. The summed E-state index contributed by atoms with van der Waals surface area (Å²) in [6.45, 7) is 2.39. The van der Waals surface area contributed by atoms with Gasteiger partial charge in [0.1, 0.15) is 17.4 Å². The Bertz CT molecular complexity index is 943. The van der Waals surface area contributed by atoms with E-state index in [0.29, 0.717) is 24.3 Å². The van der Waals surface area contributed by atoms with E-state index in [1.54, 1.807) is 18.2 Å². The lowest BCUT2D eigenvalue weighted by molar-refractivity contribution is -0.134. The van der Waals surface area contributed by atoms with Crippen LogP contribution in [0.15, 0.2) is 48.0 Å². The Labute approximate surface area is 169 Å². The molecule has 0 fully saturated rings. The van der Waals surface area contributed by atoms with E-state index in [0.717, 1.165) is 11.3 Å². The molecule has 0 bridgehead atoms. The zero-order valence-electron chi connectivity index (χ0n) is 16.3. The molecule has 2 rings (SSSR count). The first-order chi connectivity index (χ1) is 13.9. The number of ether oxygens (including phenoxy) is 3. The van der Waals surface area contributed by atoms with Crippen LogP contribution >= 0.6 is 0 Å². The summed E-state index contributed by atoms with van der Waals surface area (Å²) < 4.78 is 16.2. The Morgan fingerprint density at radius 2 is 1.86 bits per heavy atom. The number of rotatable bonds is 9. The molecule has 2 N–H and O–H groups in total. The number of carbonyl (C=O) groups is 2. The second kappa shape index (κ2) is 10.5. The van der Waals surface area contributed by atoms with Crippen LogP contribution in [0.25, 0.3) is 6.08 Å². The molecule has 29 heavy (non-hydrogen) atoms. The summed E-state index contributed by atoms with van der Waals surface area (Å²) in [7, 11) is 1.43. The van der Waals surface area contributed by atoms with Gasteiger partial charge in [0.15, 0.2) is 11.5 Å². The second-order valence-electron chi connectivity index (χ2n) is 6.18. The molecule has 2 aromatic carbocycles. The van der Waals surface area contributed by atoms with Crippen LogP contribution in [0, 0.1) is 18.3 Å². The van der Waals surface area contributed by atoms with Crippen LogP contribution in [0.2, 0.25) is 0 Å². The number of methoxy groups -OCH3 is 1. The van der Waals surface area contributed by atoms with Gasteiger partial charge in [0.2, 0.25) is 0 Å². The third-order valence-electron chi connectivity index (χ3n) is 3.92. The highest BCUT2D eigenvalue weighted by atomic mass is 16.6. The fourth-order valence-corrected chi connectivity index (χ4v) is 2.40. The van der Waals surface area contributed by atoms with E-state index < -0.39 is 11.9 Å². The third kappa shape index (κ3) is 6.70. The Hall–Kier alpha value is -3.79. The number of esters is 1. The van der Waals surface area contributed by atoms with Crippen molar-refractivity contribution in [2.75, 3.05) is 13.7 Å². The molecule has 0 aliphatic carbocycles. The first kappa shape index (κ1) is 21.5. The number of benzene rings is 2. The summed E-state index contributed by atoms with van der Waals surface area (Å²) in [5.74, 6) is 0.0437. The maximum absolute atomic E-state index is 12.1. The molecule has 0 heterocycles. The molecule has 1 amide bonds. The largest absolute Gasteiger partial charge is 0.494 e. The first-order valence-corrected chi connectivity index (χ1v) is 8.92. The minimum Gasteiger partial charge on any atom is -0.494 e. The van der Waals surface area contributed by atoms with Crippen LogP contribution in [0.5, 0.6) is 17.2 Å². The number of amides is 1. The van der Waals surface area contributed by atoms with Gasteiger partial charge in [-0.15, -0.1) is 0 Å². The molecule has 0 radical (unpaired) electrons. The number of carbonyl (C=O) groups excluding carboxylic acids is 2. The van der Waals surface area contributed by atoms with Crippen LogP contribution in [0.4, 0.5) is 0 Å². The van der Waals surface area contributed by atoms with Crippen LogP contribution < -0.4 is 19.9 Å². The van der Waals surface area contributed by atoms with Gasteiger partial charge >= 0.3 is 5.97 Å². The molecular weight excluding hydrogens is 372 g/mol. The summed E-state index contributed by atoms with van der Waals surface area (Å²) in [6.07, 6.45) is 2.01. The predicted molar refractivity (Wildman–Crippen MR) is 107 cm³/mol. The number of primary amides is 1. The summed E-state index contributed by atoms with van der Waals surface area (Å²) in [6, 6.07) is 14.1. The number of hydrogen-bond acceptors (Lipinski definition) is 6. The highest BCUT2D eigenvalue weighted by molar-refractivity contribution is 6.00. The molecule has 0 atom stereocenters. The molecule has 7 nitrogen and oxygen atoms in total. The average Bonchev–Trinajstić information content (AvgIpc) is 2.71. The van der Waals surface area contributed by atoms with E-state index in [1.165, 1.54) is 19.3 Å². The van der Waals surface area contributed by atoms with Crippen LogP contribution in [0.3, 0.4) is 0 Å². The van der Waals surface area contributed by atoms with Crippen molar-refractivity contribution >= 4 is 18.0 Å². The van der Waals surface area contributed by atoms with E-state index >= 15 is 0 Å². The van der Waals surface area contributed by atoms with Crippen molar-refractivity contribution in [3.8, 4) is 23.3 Å². The summed E-state index contributed by atoms with van der Waals surface area (Å²) in [4.78, 5) is 23.2.